The average molecular weight is 191 g/mol. The van der Waals surface area contributed by atoms with Crippen LogP contribution in [0, 0.1) is 17.3 Å². The van der Waals surface area contributed by atoms with Gasteiger partial charge in [0.05, 0.1) is 18.9 Å². The van der Waals surface area contributed by atoms with Crippen LogP contribution in [-0.4, -0.2) is 18.3 Å². The van der Waals surface area contributed by atoms with Gasteiger partial charge in [-0.1, -0.05) is 13.8 Å². The summed E-state index contributed by atoms with van der Waals surface area (Å²) < 4.78 is 4.54. The highest BCUT2D eigenvalue weighted by molar-refractivity contribution is 6.64. The number of ether oxygens (including phenoxy) is 1. The normalized spacial score (nSPS) is 31.0. The zero-order valence-corrected chi connectivity index (χ0v) is 8.01. The molecule has 0 aromatic rings. The molecule has 0 heterocycles. The first-order valence-electron chi connectivity index (χ1n) is 3.70. The molecule has 0 N–H and O–H groups in total. The number of rotatable bonds is 2. The van der Waals surface area contributed by atoms with Crippen molar-refractivity contribution in [2.45, 2.75) is 13.8 Å². The van der Waals surface area contributed by atoms with Crippen molar-refractivity contribution in [3.05, 3.63) is 0 Å². The molecule has 68 valence electrons. The number of carbonyl (C=O) groups excluding carboxylic acids is 2. The van der Waals surface area contributed by atoms with Gasteiger partial charge in [0.1, 0.15) is 0 Å². The molecule has 1 aliphatic rings. The molecule has 2 unspecified atom stereocenters. The van der Waals surface area contributed by atoms with Crippen LogP contribution in [0.25, 0.3) is 0 Å². The van der Waals surface area contributed by atoms with Gasteiger partial charge in [0.15, 0.2) is 0 Å². The zero-order chi connectivity index (χ0) is 9.52. The summed E-state index contributed by atoms with van der Waals surface area (Å²) in [6.07, 6.45) is 0. The summed E-state index contributed by atoms with van der Waals surface area (Å²) in [5.74, 6) is -1.07. The fourth-order valence-corrected chi connectivity index (χ4v) is 2.04. The van der Waals surface area contributed by atoms with Gasteiger partial charge in [0.2, 0.25) is 5.24 Å². The van der Waals surface area contributed by atoms with E-state index in [1.54, 1.807) is 0 Å². The maximum Gasteiger partial charge on any atom is 0.310 e. The van der Waals surface area contributed by atoms with Crippen LogP contribution in [0.5, 0.6) is 0 Å². The molecule has 0 saturated heterocycles. The van der Waals surface area contributed by atoms with Gasteiger partial charge in [-0.2, -0.15) is 0 Å². The predicted octanol–water partition coefficient (Wildman–Crippen LogP) is 1.20. The van der Waals surface area contributed by atoms with E-state index in [9.17, 15) is 9.59 Å². The van der Waals surface area contributed by atoms with Crippen molar-refractivity contribution >= 4 is 22.8 Å². The van der Waals surface area contributed by atoms with Crippen molar-refractivity contribution in [3.63, 3.8) is 0 Å². The Balaban J connectivity index is 2.73. The second-order valence-electron chi connectivity index (χ2n) is 3.60. The lowest BCUT2D eigenvalue weighted by Crippen LogP contribution is -2.07. The van der Waals surface area contributed by atoms with Crippen LogP contribution in [0.15, 0.2) is 0 Å². The maximum absolute atomic E-state index is 11.1. The van der Waals surface area contributed by atoms with Gasteiger partial charge in [0.25, 0.3) is 0 Å². The van der Waals surface area contributed by atoms with Crippen molar-refractivity contribution in [2.24, 2.45) is 17.3 Å². The highest BCUT2D eigenvalue weighted by Gasteiger charge is 2.65. The van der Waals surface area contributed by atoms with E-state index >= 15 is 0 Å². The molecule has 12 heavy (non-hydrogen) atoms. The molecule has 1 aliphatic carbocycles. The second kappa shape index (κ2) is 2.73. The van der Waals surface area contributed by atoms with E-state index in [2.05, 4.69) is 4.74 Å². The molecular weight excluding hydrogens is 180 g/mol. The van der Waals surface area contributed by atoms with Crippen LogP contribution < -0.4 is 0 Å². The smallest absolute Gasteiger partial charge is 0.310 e. The van der Waals surface area contributed by atoms with Gasteiger partial charge in [0, 0.05) is 0 Å². The molecule has 0 amide bonds. The predicted molar refractivity (Wildman–Crippen MR) is 43.6 cm³/mol. The lowest BCUT2D eigenvalue weighted by atomic mass is 10.1. The van der Waals surface area contributed by atoms with Crippen LogP contribution in [0.1, 0.15) is 13.8 Å². The van der Waals surface area contributed by atoms with Gasteiger partial charge in [-0.15, -0.1) is 0 Å². The Hall–Kier alpha value is -0.570. The number of carbonyl (C=O) groups is 2. The Kier molecular flexibility index (Phi) is 2.17. The number of hydrogen-bond acceptors (Lipinski definition) is 3. The lowest BCUT2D eigenvalue weighted by Gasteiger charge is -1.98. The Morgan fingerprint density at radius 1 is 1.33 bits per heavy atom. The van der Waals surface area contributed by atoms with Gasteiger partial charge in [-0.05, 0) is 17.0 Å². The molecule has 0 spiro atoms. The van der Waals surface area contributed by atoms with Crippen LogP contribution in [0.3, 0.4) is 0 Å². The molecule has 1 saturated carbocycles. The minimum atomic E-state index is -0.449. The molecule has 3 nitrogen and oxygen atoms in total. The summed E-state index contributed by atoms with van der Waals surface area (Å²) in [4.78, 5) is 21.9. The summed E-state index contributed by atoms with van der Waals surface area (Å²) >= 11 is 5.31. The quantitative estimate of drug-likeness (QED) is 0.486. The zero-order valence-electron chi connectivity index (χ0n) is 7.26. The van der Waals surface area contributed by atoms with Crippen LogP contribution in [-0.2, 0) is 14.3 Å². The maximum atomic E-state index is 11.1. The summed E-state index contributed by atoms with van der Waals surface area (Å²) in [5.41, 5.74) is -0.327. The Bertz CT molecular complexity index is 234. The van der Waals surface area contributed by atoms with E-state index in [1.165, 1.54) is 7.11 Å². The van der Waals surface area contributed by atoms with Crippen molar-refractivity contribution in [1.29, 1.82) is 0 Å². The molecule has 1 fully saturated rings. The van der Waals surface area contributed by atoms with Gasteiger partial charge >= 0.3 is 5.97 Å². The van der Waals surface area contributed by atoms with E-state index in [4.69, 9.17) is 11.6 Å². The molecule has 0 aromatic heterocycles. The van der Waals surface area contributed by atoms with Gasteiger partial charge in [-0.25, -0.2) is 0 Å². The Labute approximate surface area is 76.0 Å². The minimum Gasteiger partial charge on any atom is -0.469 e. The highest BCUT2D eigenvalue weighted by Crippen LogP contribution is 2.59. The fraction of sp³-hybridized carbons (Fsp3) is 0.750. The van der Waals surface area contributed by atoms with E-state index < -0.39 is 5.24 Å². The standard InChI is InChI=1S/C8H11ClO3/c1-8(2)4(6(9)10)5(8)7(11)12-3/h4-5H,1-3H3. The molecule has 2 atom stereocenters. The molecule has 1 rings (SSSR count). The van der Waals surface area contributed by atoms with E-state index in [0.717, 1.165) is 0 Å². The SMILES string of the molecule is COC(=O)C1C(C(=O)Cl)C1(C)C. The third-order valence-corrected chi connectivity index (χ3v) is 2.76. The minimum absolute atomic E-state index is 0.327. The van der Waals surface area contributed by atoms with Crippen molar-refractivity contribution < 1.29 is 14.3 Å². The van der Waals surface area contributed by atoms with Crippen LogP contribution in [0.4, 0.5) is 0 Å². The number of methoxy groups -OCH3 is 1. The fourth-order valence-electron chi connectivity index (χ4n) is 1.63. The number of halogens is 1. The first-order chi connectivity index (χ1) is 5.42. The summed E-state index contributed by atoms with van der Waals surface area (Å²) in [7, 11) is 1.31. The van der Waals surface area contributed by atoms with E-state index in [-0.39, 0.29) is 23.2 Å². The Morgan fingerprint density at radius 3 is 2.08 bits per heavy atom. The van der Waals surface area contributed by atoms with Crippen molar-refractivity contribution in [2.75, 3.05) is 7.11 Å². The van der Waals surface area contributed by atoms with Gasteiger partial charge in [-0.3, -0.25) is 9.59 Å². The molecule has 0 bridgehead atoms. The van der Waals surface area contributed by atoms with Crippen LogP contribution >= 0.6 is 11.6 Å². The Morgan fingerprint density at radius 2 is 1.83 bits per heavy atom. The highest BCUT2D eigenvalue weighted by atomic mass is 35.5. The largest absolute Gasteiger partial charge is 0.469 e. The molecule has 0 aromatic carbocycles. The first kappa shape index (κ1) is 9.52. The number of esters is 1. The molecule has 0 radical (unpaired) electrons. The van der Waals surface area contributed by atoms with Gasteiger partial charge < -0.3 is 4.74 Å². The van der Waals surface area contributed by atoms with Crippen molar-refractivity contribution in [3.8, 4) is 0 Å². The number of hydrogen-bond donors (Lipinski definition) is 0. The molecule has 0 aliphatic heterocycles. The summed E-state index contributed by atoms with van der Waals surface area (Å²) in [5, 5.41) is -0.449. The third-order valence-electron chi connectivity index (χ3n) is 2.53. The second-order valence-corrected chi connectivity index (χ2v) is 3.98. The van der Waals surface area contributed by atoms with E-state index in [1.807, 2.05) is 13.8 Å². The molecule has 4 heteroatoms. The summed E-state index contributed by atoms with van der Waals surface area (Å²) in [6.45, 7) is 3.67. The first-order valence-corrected chi connectivity index (χ1v) is 4.08. The summed E-state index contributed by atoms with van der Waals surface area (Å²) in [6, 6.07) is 0. The molecular formula is C8H11ClO3. The van der Waals surface area contributed by atoms with Crippen LogP contribution in [0.2, 0.25) is 0 Å². The lowest BCUT2D eigenvalue weighted by molar-refractivity contribution is -0.143. The third kappa shape index (κ3) is 1.22. The monoisotopic (exact) mass is 190 g/mol. The van der Waals surface area contributed by atoms with Crippen molar-refractivity contribution in [1.82, 2.24) is 0 Å². The average Bonchev–Trinajstić information content (AvgIpc) is 2.52. The topological polar surface area (TPSA) is 43.4 Å². The van der Waals surface area contributed by atoms with E-state index in [0.29, 0.717) is 0 Å².